The summed E-state index contributed by atoms with van der Waals surface area (Å²) in [6.45, 7) is 15.5. The fourth-order valence-corrected chi connectivity index (χ4v) is 9.07. The molecule has 4 aromatic carbocycles. The Bertz CT molecular complexity index is 2160. The second-order valence-electron chi connectivity index (χ2n) is 16.7. The SMILES string of the molecule is CCCCC[N+]1=C(/C=C/C=C/C=C/C=C2\N(CCCCCC(=O)CCCOCCOC)c3ccc4ccccc4c3C2(C)C)C(C)(C)c2c1ccc1ccccc21. The van der Waals surface area contributed by atoms with Gasteiger partial charge in [-0.2, -0.15) is 4.58 Å². The fourth-order valence-electron chi connectivity index (χ4n) is 9.07. The van der Waals surface area contributed by atoms with Gasteiger partial charge in [-0.1, -0.05) is 119 Å². The number of rotatable bonds is 21. The molecule has 0 spiro atoms. The van der Waals surface area contributed by atoms with Gasteiger partial charge in [-0.05, 0) is 84.8 Å². The Labute approximate surface area is 342 Å². The monoisotopic (exact) mass is 765 g/mol. The summed E-state index contributed by atoms with van der Waals surface area (Å²) in [5, 5.41) is 5.27. The first kappa shape index (κ1) is 42.0. The maximum Gasteiger partial charge on any atom is 0.210 e. The summed E-state index contributed by atoms with van der Waals surface area (Å²) in [4.78, 5) is 15.0. The summed E-state index contributed by atoms with van der Waals surface area (Å²) in [7, 11) is 1.67. The van der Waals surface area contributed by atoms with Crippen LogP contribution in [0.15, 0.2) is 121 Å². The quantitative estimate of drug-likeness (QED) is 0.0481. The Balaban J connectivity index is 1.15. The van der Waals surface area contributed by atoms with E-state index in [0.717, 1.165) is 38.8 Å². The molecule has 0 saturated carbocycles. The molecule has 6 rings (SSSR count). The summed E-state index contributed by atoms with van der Waals surface area (Å²) in [6, 6.07) is 26.8. The summed E-state index contributed by atoms with van der Waals surface area (Å²) < 4.78 is 13.1. The number of nitrogens with zero attached hydrogens (tertiary/aromatic N) is 2. The zero-order valence-corrected chi connectivity index (χ0v) is 35.5. The normalized spacial score (nSPS) is 16.7. The molecule has 300 valence electrons. The number of Topliss-reactive ketones (excluding diaryl/α,β-unsaturated/α-hetero) is 1. The van der Waals surface area contributed by atoms with Crippen LogP contribution < -0.4 is 4.90 Å². The highest BCUT2D eigenvalue weighted by molar-refractivity contribution is 6.07. The average Bonchev–Trinajstić information content (AvgIpc) is 3.56. The van der Waals surface area contributed by atoms with Gasteiger partial charge >= 0.3 is 0 Å². The van der Waals surface area contributed by atoms with Gasteiger partial charge in [-0.15, -0.1) is 0 Å². The van der Waals surface area contributed by atoms with E-state index >= 15 is 0 Å². The molecule has 5 nitrogen and oxygen atoms in total. The van der Waals surface area contributed by atoms with E-state index in [4.69, 9.17) is 9.47 Å². The molecule has 0 bridgehead atoms. The standard InChI is InChI=1S/C52H65N2O3/c1-7-8-20-35-53-45-33-31-40-23-16-18-27-43(40)49(45)51(2,3)47(53)29-14-10-9-11-15-30-48-52(4,5)50-44-28-19-17-24-41(44)32-34-46(50)54(48)36-21-12-13-25-42(55)26-22-37-57-39-38-56-6/h9-11,14-19,23-24,27-34H,7-8,12-13,20-22,25-26,35-39H2,1-6H3/q+1. The lowest BCUT2D eigenvalue weighted by Gasteiger charge is -2.27. The Hall–Kier alpha value is -4.58. The molecule has 0 atom stereocenters. The van der Waals surface area contributed by atoms with Crippen LogP contribution in [-0.2, 0) is 25.1 Å². The summed E-state index contributed by atoms with van der Waals surface area (Å²) >= 11 is 0. The van der Waals surface area contributed by atoms with Crippen LogP contribution in [0.2, 0.25) is 0 Å². The highest BCUT2D eigenvalue weighted by Crippen LogP contribution is 2.51. The Kier molecular flexibility index (Phi) is 14.5. The molecular formula is C52H65N2O3+. The number of ether oxygens (including phenoxy) is 2. The Morgan fingerprint density at radius 2 is 1.37 bits per heavy atom. The van der Waals surface area contributed by atoms with Gasteiger partial charge in [0, 0.05) is 74.0 Å². The minimum atomic E-state index is -0.156. The third kappa shape index (κ3) is 9.59. The van der Waals surface area contributed by atoms with Crippen molar-refractivity contribution in [1.82, 2.24) is 0 Å². The van der Waals surface area contributed by atoms with Crippen LogP contribution in [0.3, 0.4) is 0 Å². The molecule has 0 fully saturated rings. The molecular weight excluding hydrogens is 701 g/mol. The van der Waals surface area contributed by atoms with Crippen molar-refractivity contribution in [2.45, 2.75) is 103 Å². The van der Waals surface area contributed by atoms with Crippen LogP contribution in [-0.4, -0.2) is 56.1 Å². The van der Waals surface area contributed by atoms with E-state index in [-0.39, 0.29) is 10.8 Å². The first-order chi connectivity index (χ1) is 27.7. The predicted molar refractivity (Wildman–Crippen MR) is 242 cm³/mol. The molecule has 2 heterocycles. The highest BCUT2D eigenvalue weighted by Gasteiger charge is 2.45. The predicted octanol–water partition coefficient (Wildman–Crippen LogP) is 12.5. The van der Waals surface area contributed by atoms with Gasteiger partial charge < -0.3 is 14.4 Å². The second kappa shape index (κ2) is 19.7. The molecule has 0 aliphatic carbocycles. The van der Waals surface area contributed by atoms with Gasteiger partial charge in [0.15, 0.2) is 5.71 Å². The molecule has 4 aromatic rings. The molecule has 0 unspecified atom stereocenters. The van der Waals surface area contributed by atoms with E-state index in [1.54, 1.807) is 7.11 Å². The topological polar surface area (TPSA) is 41.8 Å². The maximum atomic E-state index is 12.5. The number of hydrogen-bond donors (Lipinski definition) is 0. The average molecular weight is 766 g/mol. The van der Waals surface area contributed by atoms with Crippen LogP contribution in [0.1, 0.15) is 104 Å². The number of hydrogen-bond acceptors (Lipinski definition) is 4. The van der Waals surface area contributed by atoms with Gasteiger partial charge in [0.25, 0.3) is 0 Å². The van der Waals surface area contributed by atoms with Crippen LogP contribution in [0, 0.1) is 0 Å². The minimum Gasteiger partial charge on any atom is -0.382 e. The van der Waals surface area contributed by atoms with Crippen molar-refractivity contribution in [3.05, 3.63) is 132 Å². The Morgan fingerprint density at radius 3 is 2.12 bits per heavy atom. The molecule has 57 heavy (non-hydrogen) atoms. The third-order valence-electron chi connectivity index (χ3n) is 12.0. The molecule has 0 radical (unpaired) electrons. The second-order valence-corrected chi connectivity index (χ2v) is 16.7. The molecule has 2 aliphatic heterocycles. The van der Waals surface area contributed by atoms with Gasteiger partial charge in [0.1, 0.15) is 12.3 Å². The maximum absolute atomic E-state index is 12.5. The number of unbranched alkanes of at least 4 members (excludes halogenated alkanes) is 4. The number of fused-ring (bicyclic) bond motifs is 6. The van der Waals surface area contributed by atoms with E-state index in [1.165, 1.54) is 74.7 Å². The van der Waals surface area contributed by atoms with Crippen molar-refractivity contribution >= 4 is 44.4 Å². The van der Waals surface area contributed by atoms with Crippen LogP contribution in [0.5, 0.6) is 0 Å². The van der Waals surface area contributed by atoms with Gasteiger partial charge in [-0.3, -0.25) is 4.79 Å². The van der Waals surface area contributed by atoms with Crippen molar-refractivity contribution in [2.24, 2.45) is 0 Å². The highest BCUT2D eigenvalue weighted by atomic mass is 16.5. The molecule has 0 aromatic heterocycles. The van der Waals surface area contributed by atoms with Crippen LogP contribution in [0.25, 0.3) is 21.5 Å². The lowest BCUT2D eigenvalue weighted by Crippen LogP contribution is -2.28. The number of anilines is 1. The smallest absolute Gasteiger partial charge is 0.210 e. The number of allylic oxidation sites excluding steroid dienone is 8. The zero-order valence-electron chi connectivity index (χ0n) is 35.5. The van der Waals surface area contributed by atoms with Gasteiger partial charge in [0.2, 0.25) is 5.69 Å². The number of carbonyl (C=O) groups is 1. The zero-order chi connectivity index (χ0) is 40.3. The lowest BCUT2D eigenvalue weighted by atomic mass is 9.79. The summed E-state index contributed by atoms with van der Waals surface area (Å²) in [5.74, 6) is 0.339. The van der Waals surface area contributed by atoms with E-state index < -0.39 is 0 Å². The molecule has 2 aliphatic rings. The third-order valence-corrected chi connectivity index (χ3v) is 12.0. The van der Waals surface area contributed by atoms with E-state index in [9.17, 15) is 4.79 Å². The number of benzene rings is 4. The van der Waals surface area contributed by atoms with E-state index in [2.05, 4.69) is 159 Å². The molecule has 5 heteroatoms. The number of carbonyl (C=O) groups excluding carboxylic acids is 1. The fraction of sp³-hybridized carbons (Fsp3) is 0.423. The van der Waals surface area contributed by atoms with E-state index in [0.29, 0.717) is 38.4 Å². The minimum absolute atomic E-state index is 0.0985. The van der Waals surface area contributed by atoms with Crippen LogP contribution in [0.4, 0.5) is 11.4 Å². The van der Waals surface area contributed by atoms with Gasteiger partial charge in [0.05, 0.1) is 18.6 Å². The molecule has 0 saturated heterocycles. The van der Waals surface area contributed by atoms with Crippen molar-refractivity contribution in [3.8, 4) is 0 Å². The van der Waals surface area contributed by atoms with Crippen molar-refractivity contribution in [1.29, 1.82) is 0 Å². The summed E-state index contributed by atoms with van der Waals surface area (Å²) in [5.41, 5.74) is 7.91. The summed E-state index contributed by atoms with van der Waals surface area (Å²) in [6.07, 6.45) is 24.2. The van der Waals surface area contributed by atoms with Crippen molar-refractivity contribution < 1.29 is 18.8 Å². The largest absolute Gasteiger partial charge is 0.382 e. The first-order valence-corrected chi connectivity index (χ1v) is 21.5. The lowest BCUT2D eigenvalue weighted by molar-refractivity contribution is -0.438. The molecule has 0 amide bonds. The molecule has 0 N–H and O–H groups in total. The Morgan fingerprint density at radius 1 is 0.684 bits per heavy atom. The van der Waals surface area contributed by atoms with Gasteiger partial charge in [-0.25, -0.2) is 0 Å². The van der Waals surface area contributed by atoms with E-state index in [1.807, 2.05) is 0 Å². The number of ketones is 1. The van der Waals surface area contributed by atoms with Crippen molar-refractivity contribution in [3.63, 3.8) is 0 Å². The van der Waals surface area contributed by atoms with Crippen LogP contribution >= 0.6 is 0 Å². The number of methoxy groups -OCH3 is 1. The first-order valence-electron chi connectivity index (χ1n) is 21.5. The van der Waals surface area contributed by atoms with Crippen molar-refractivity contribution in [2.75, 3.05) is 44.9 Å².